The largest absolute Gasteiger partial charge is 0.470 e. The molecule has 0 N–H and O–H groups in total. The second-order valence-corrected chi connectivity index (χ2v) is 4.80. The Hall–Kier alpha value is -1.25. The highest BCUT2D eigenvalue weighted by molar-refractivity contribution is 5.73. The summed E-state index contributed by atoms with van der Waals surface area (Å²) in [5.74, 6) is 1.94. The zero-order valence-electron chi connectivity index (χ0n) is 8.57. The summed E-state index contributed by atoms with van der Waals surface area (Å²) in [6.45, 7) is 4.17. The molecule has 0 radical (unpaired) electrons. The monoisotopic (exact) mass is 206 g/mol. The van der Waals surface area contributed by atoms with Crippen LogP contribution in [0.1, 0.15) is 19.3 Å². The summed E-state index contributed by atoms with van der Waals surface area (Å²) in [7, 11) is 0. The highest BCUT2D eigenvalue weighted by Crippen LogP contribution is 2.58. The fourth-order valence-electron chi connectivity index (χ4n) is 3.29. The van der Waals surface area contributed by atoms with E-state index in [4.69, 9.17) is 9.47 Å². The summed E-state index contributed by atoms with van der Waals surface area (Å²) in [5.41, 5.74) is 0.0930. The van der Waals surface area contributed by atoms with Gasteiger partial charge in [0.05, 0.1) is 19.3 Å². The van der Waals surface area contributed by atoms with Crippen molar-refractivity contribution in [3.8, 4) is 0 Å². The summed E-state index contributed by atoms with van der Waals surface area (Å²) in [6.07, 6.45) is 6.38. The number of carbonyl (C=O) groups is 1. The van der Waals surface area contributed by atoms with Gasteiger partial charge in [-0.1, -0.05) is 6.58 Å². The van der Waals surface area contributed by atoms with E-state index >= 15 is 0 Å². The molecular formula is C12H14O3. The molecule has 80 valence electrons. The molecule has 3 unspecified atom stereocenters. The molecule has 0 aromatic heterocycles. The van der Waals surface area contributed by atoms with Crippen molar-refractivity contribution in [3.63, 3.8) is 0 Å². The predicted molar refractivity (Wildman–Crippen MR) is 53.6 cm³/mol. The third-order valence-electron chi connectivity index (χ3n) is 3.98. The Morgan fingerprint density at radius 3 is 3.07 bits per heavy atom. The maximum absolute atomic E-state index is 11.2. The minimum Gasteiger partial charge on any atom is -0.470 e. The van der Waals surface area contributed by atoms with Crippen LogP contribution in [-0.4, -0.2) is 12.6 Å². The quantitative estimate of drug-likeness (QED) is 0.512. The van der Waals surface area contributed by atoms with E-state index in [9.17, 15) is 4.79 Å². The van der Waals surface area contributed by atoms with Crippen molar-refractivity contribution in [1.82, 2.24) is 0 Å². The van der Waals surface area contributed by atoms with Gasteiger partial charge in [-0.3, -0.25) is 4.79 Å². The van der Waals surface area contributed by atoms with E-state index in [-0.39, 0.29) is 11.4 Å². The van der Waals surface area contributed by atoms with Crippen LogP contribution in [-0.2, 0) is 14.3 Å². The van der Waals surface area contributed by atoms with Crippen LogP contribution in [0.5, 0.6) is 0 Å². The van der Waals surface area contributed by atoms with Crippen LogP contribution in [0.2, 0.25) is 0 Å². The number of fused-ring (bicyclic) bond motifs is 3. The molecule has 3 atom stereocenters. The average Bonchev–Trinajstić information content (AvgIpc) is 2.83. The van der Waals surface area contributed by atoms with Crippen molar-refractivity contribution in [2.24, 2.45) is 17.3 Å². The first-order chi connectivity index (χ1) is 7.23. The molecule has 3 nitrogen and oxygen atoms in total. The van der Waals surface area contributed by atoms with Crippen molar-refractivity contribution in [2.45, 2.75) is 19.3 Å². The first-order valence-corrected chi connectivity index (χ1v) is 5.38. The number of carbonyl (C=O) groups excluding carboxylic acids is 1. The van der Waals surface area contributed by atoms with Gasteiger partial charge in [0.1, 0.15) is 5.76 Å². The molecule has 1 aliphatic heterocycles. The molecule has 1 spiro atoms. The minimum atomic E-state index is -0.0397. The van der Waals surface area contributed by atoms with Crippen LogP contribution >= 0.6 is 0 Å². The molecule has 15 heavy (non-hydrogen) atoms. The van der Waals surface area contributed by atoms with Crippen LogP contribution in [0.25, 0.3) is 0 Å². The summed E-state index contributed by atoms with van der Waals surface area (Å²) in [4.78, 5) is 11.2. The number of cyclic esters (lactones) is 1. The van der Waals surface area contributed by atoms with Crippen molar-refractivity contribution in [2.75, 3.05) is 6.61 Å². The van der Waals surface area contributed by atoms with E-state index in [0.717, 1.165) is 18.6 Å². The first-order valence-electron chi connectivity index (χ1n) is 5.38. The molecular weight excluding hydrogens is 192 g/mol. The van der Waals surface area contributed by atoms with Gasteiger partial charge in [-0.2, -0.15) is 0 Å². The molecule has 1 saturated carbocycles. The molecule has 2 aliphatic carbocycles. The van der Waals surface area contributed by atoms with E-state index in [1.807, 2.05) is 0 Å². The van der Waals surface area contributed by atoms with Gasteiger partial charge in [0.25, 0.3) is 0 Å². The Labute approximate surface area is 88.7 Å². The van der Waals surface area contributed by atoms with Crippen molar-refractivity contribution >= 4 is 5.97 Å². The van der Waals surface area contributed by atoms with Crippen LogP contribution < -0.4 is 0 Å². The molecule has 0 aromatic carbocycles. The normalized spacial score (nSPS) is 41.9. The number of rotatable bonds is 2. The summed E-state index contributed by atoms with van der Waals surface area (Å²) >= 11 is 0. The molecule has 0 aromatic rings. The van der Waals surface area contributed by atoms with Crippen LogP contribution in [0, 0.1) is 17.3 Å². The van der Waals surface area contributed by atoms with E-state index in [1.165, 1.54) is 6.26 Å². The van der Waals surface area contributed by atoms with Gasteiger partial charge in [-0.15, -0.1) is 0 Å². The highest BCUT2D eigenvalue weighted by atomic mass is 16.5. The zero-order valence-corrected chi connectivity index (χ0v) is 8.57. The molecule has 3 heteroatoms. The van der Waals surface area contributed by atoms with E-state index in [1.54, 1.807) is 0 Å². The van der Waals surface area contributed by atoms with Gasteiger partial charge < -0.3 is 9.47 Å². The Balaban J connectivity index is 1.84. The summed E-state index contributed by atoms with van der Waals surface area (Å²) < 4.78 is 10.5. The number of allylic oxidation sites excluding steroid dienone is 2. The van der Waals surface area contributed by atoms with Crippen molar-refractivity contribution < 1.29 is 14.3 Å². The lowest BCUT2D eigenvalue weighted by molar-refractivity contribution is -0.137. The summed E-state index contributed by atoms with van der Waals surface area (Å²) in [6, 6.07) is 0. The van der Waals surface area contributed by atoms with Crippen molar-refractivity contribution in [1.29, 1.82) is 0 Å². The van der Waals surface area contributed by atoms with Gasteiger partial charge in [0.15, 0.2) is 0 Å². The van der Waals surface area contributed by atoms with Crippen LogP contribution in [0.3, 0.4) is 0 Å². The highest BCUT2D eigenvalue weighted by Gasteiger charge is 2.56. The fourth-order valence-corrected chi connectivity index (χ4v) is 3.29. The van der Waals surface area contributed by atoms with Gasteiger partial charge in [0, 0.05) is 11.3 Å². The van der Waals surface area contributed by atoms with E-state index in [2.05, 4.69) is 12.7 Å². The number of ether oxygens (including phenoxy) is 2. The standard InChI is InChI=1S/C12H14O3/c1-2-14-10-4-9-3-8(10)5-12(9)6-11(13)15-7-12/h2,4,8-9H,1,3,5-7H2. The molecule has 3 rings (SSSR count). The lowest BCUT2D eigenvalue weighted by Gasteiger charge is -2.28. The average molecular weight is 206 g/mol. The van der Waals surface area contributed by atoms with E-state index < -0.39 is 0 Å². The number of esters is 1. The Morgan fingerprint density at radius 1 is 1.67 bits per heavy atom. The maximum Gasteiger partial charge on any atom is 0.306 e. The molecule has 1 saturated heterocycles. The molecule has 3 aliphatic rings. The second-order valence-electron chi connectivity index (χ2n) is 4.80. The second kappa shape index (κ2) is 2.87. The SMILES string of the molecule is C=COC1=CC2CC1CC21COC(=O)C1. The molecule has 1 heterocycles. The lowest BCUT2D eigenvalue weighted by atomic mass is 9.75. The lowest BCUT2D eigenvalue weighted by Crippen LogP contribution is -2.27. The number of hydrogen-bond acceptors (Lipinski definition) is 3. The van der Waals surface area contributed by atoms with Gasteiger partial charge in [-0.25, -0.2) is 0 Å². The Kier molecular flexibility index (Phi) is 1.73. The zero-order chi connectivity index (χ0) is 10.5. The third kappa shape index (κ3) is 1.15. The van der Waals surface area contributed by atoms with Crippen LogP contribution in [0.15, 0.2) is 24.7 Å². The number of hydrogen-bond donors (Lipinski definition) is 0. The molecule has 2 fully saturated rings. The fraction of sp³-hybridized carbons (Fsp3) is 0.583. The topological polar surface area (TPSA) is 35.5 Å². The van der Waals surface area contributed by atoms with Crippen LogP contribution in [0.4, 0.5) is 0 Å². The Morgan fingerprint density at radius 2 is 2.53 bits per heavy atom. The van der Waals surface area contributed by atoms with Gasteiger partial charge in [-0.05, 0) is 24.8 Å². The maximum atomic E-state index is 11.2. The van der Waals surface area contributed by atoms with E-state index in [0.29, 0.717) is 24.9 Å². The summed E-state index contributed by atoms with van der Waals surface area (Å²) in [5, 5.41) is 0. The molecule has 2 bridgehead atoms. The first kappa shape index (κ1) is 9.01. The van der Waals surface area contributed by atoms with Crippen molar-refractivity contribution in [3.05, 3.63) is 24.7 Å². The smallest absolute Gasteiger partial charge is 0.306 e. The minimum absolute atomic E-state index is 0.0397. The predicted octanol–water partition coefficient (Wildman–Crippen LogP) is 2.00. The third-order valence-corrected chi connectivity index (χ3v) is 3.98. The van der Waals surface area contributed by atoms with Gasteiger partial charge >= 0.3 is 5.97 Å². The molecule has 0 amide bonds. The Bertz CT molecular complexity index is 358. The van der Waals surface area contributed by atoms with Gasteiger partial charge in [0.2, 0.25) is 0 Å².